The second kappa shape index (κ2) is 9.04. The summed E-state index contributed by atoms with van der Waals surface area (Å²) in [6, 6.07) is 24.4. The molecule has 0 aliphatic carbocycles. The Kier molecular flexibility index (Phi) is 6.26. The van der Waals surface area contributed by atoms with E-state index >= 15 is 0 Å². The van der Waals surface area contributed by atoms with Crippen molar-refractivity contribution in [3.05, 3.63) is 78.4 Å². The summed E-state index contributed by atoms with van der Waals surface area (Å²) in [5.74, 6) is 0.684. The van der Waals surface area contributed by atoms with Crippen LogP contribution in [0.25, 0.3) is 10.8 Å². The molecule has 0 aliphatic rings. The number of hydrogen-bond donors (Lipinski definition) is 1. The Balaban J connectivity index is 1.51. The van der Waals surface area contributed by atoms with Crippen LogP contribution >= 0.6 is 0 Å². The Hall–Kier alpha value is -2.81. The van der Waals surface area contributed by atoms with Gasteiger partial charge in [0.25, 0.3) is 5.91 Å². The minimum absolute atomic E-state index is 0.0475. The highest BCUT2D eigenvalue weighted by Crippen LogP contribution is 2.22. The number of nitrogens with one attached hydrogen (secondary N) is 1. The first kappa shape index (κ1) is 18.0. The van der Waals surface area contributed by atoms with Crippen LogP contribution in [0.4, 0.5) is 0 Å². The van der Waals surface area contributed by atoms with Gasteiger partial charge in [0.1, 0.15) is 5.75 Å². The first-order valence-electron chi connectivity index (χ1n) is 9.23. The van der Waals surface area contributed by atoms with Gasteiger partial charge < -0.3 is 10.1 Å². The molecule has 1 atom stereocenters. The van der Waals surface area contributed by atoms with Gasteiger partial charge in [0.2, 0.25) is 0 Å². The average molecular weight is 347 g/mol. The number of benzene rings is 3. The normalized spacial score (nSPS) is 11.9. The van der Waals surface area contributed by atoms with E-state index in [1.165, 1.54) is 10.9 Å². The van der Waals surface area contributed by atoms with Gasteiger partial charge in [0.05, 0.1) is 0 Å². The number of carbonyl (C=O) groups excluding carboxylic acids is 1. The molecule has 3 aromatic carbocycles. The first-order chi connectivity index (χ1) is 12.8. The molecule has 26 heavy (non-hydrogen) atoms. The lowest BCUT2D eigenvalue weighted by molar-refractivity contribution is -0.128. The number of rotatable bonds is 8. The van der Waals surface area contributed by atoms with Gasteiger partial charge in [-0.15, -0.1) is 0 Å². The van der Waals surface area contributed by atoms with E-state index < -0.39 is 6.10 Å². The summed E-state index contributed by atoms with van der Waals surface area (Å²) < 4.78 is 5.94. The van der Waals surface area contributed by atoms with Crippen LogP contribution in [0.5, 0.6) is 5.75 Å². The average Bonchev–Trinajstić information content (AvgIpc) is 2.70. The van der Waals surface area contributed by atoms with Crippen molar-refractivity contribution in [2.75, 3.05) is 6.54 Å². The maximum Gasteiger partial charge on any atom is 0.261 e. The number of ether oxygens (including phenoxy) is 1. The molecule has 1 N–H and O–H groups in total. The molecule has 0 unspecified atom stereocenters. The van der Waals surface area contributed by atoms with Crippen molar-refractivity contribution in [2.45, 2.75) is 32.3 Å². The summed E-state index contributed by atoms with van der Waals surface area (Å²) in [6.07, 6.45) is 2.05. The van der Waals surface area contributed by atoms with Gasteiger partial charge in [0.15, 0.2) is 6.10 Å². The molecular weight excluding hydrogens is 322 g/mol. The van der Waals surface area contributed by atoms with Gasteiger partial charge in [-0.2, -0.15) is 0 Å². The summed E-state index contributed by atoms with van der Waals surface area (Å²) in [5, 5.41) is 5.28. The molecule has 1 amide bonds. The zero-order valence-electron chi connectivity index (χ0n) is 15.2. The summed E-state index contributed by atoms with van der Waals surface area (Å²) in [4.78, 5) is 12.4. The zero-order valence-corrected chi connectivity index (χ0v) is 15.2. The molecule has 0 radical (unpaired) electrons. The van der Waals surface area contributed by atoms with Crippen molar-refractivity contribution >= 4 is 16.7 Å². The predicted molar refractivity (Wildman–Crippen MR) is 106 cm³/mol. The Morgan fingerprint density at radius 3 is 2.46 bits per heavy atom. The van der Waals surface area contributed by atoms with Crippen LogP contribution in [0, 0.1) is 0 Å². The lowest BCUT2D eigenvalue weighted by Gasteiger charge is -2.17. The Morgan fingerprint density at radius 1 is 0.962 bits per heavy atom. The highest BCUT2D eigenvalue weighted by molar-refractivity contribution is 5.84. The van der Waals surface area contributed by atoms with Gasteiger partial charge in [-0.1, -0.05) is 67.6 Å². The van der Waals surface area contributed by atoms with Crippen LogP contribution in [-0.4, -0.2) is 18.6 Å². The molecule has 0 aliphatic heterocycles. The standard InChI is InChI=1S/C23H25NO2/c1-2-22(23(25)24-16-8-11-18-9-4-3-5-10-18)26-21-15-14-19-12-6-7-13-20(19)17-21/h3-7,9-10,12-15,17,22H,2,8,11,16H2,1H3,(H,24,25)/t22-/m1/s1. The van der Waals surface area contributed by atoms with Crippen LogP contribution in [0.3, 0.4) is 0 Å². The first-order valence-corrected chi connectivity index (χ1v) is 9.23. The predicted octanol–water partition coefficient (Wildman–Crippen LogP) is 4.75. The van der Waals surface area contributed by atoms with Crippen LogP contribution in [-0.2, 0) is 11.2 Å². The Labute approximate surface area is 155 Å². The molecular formula is C23H25NO2. The Bertz CT molecular complexity index is 845. The monoisotopic (exact) mass is 347 g/mol. The van der Waals surface area contributed by atoms with E-state index in [4.69, 9.17) is 4.74 Å². The molecule has 0 saturated heterocycles. The molecule has 3 aromatic rings. The molecule has 3 nitrogen and oxygen atoms in total. The quantitative estimate of drug-likeness (QED) is 0.597. The Morgan fingerprint density at radius 2 is 1.69 bits per heavy atom. The zero-order chi connectivity index (χ0) is 18.2. The summed E-state index contributed by atoms with van der Waals surface area (Å²) >= 11 is 0. The highest BCUT2D eigenvalue weighted by Gasteiger charge is 2.17. The molecule has 0 heterocycles. The highest BCUT2D eigenvalue weighted by atomic mass is 16.5. The molecule has 3 heteroatoms. The molecule has 0 aromatic heterocycles. The van der Waals surface area contributed by atoms with E-state index in [9.17, 15) is 4.79 Å². The molecule has 134 valence electrons. The summed E-state index contributed by atoms with van der Waals surface area (Å²) in [5.41, 5.74) is 1.29. The van der Waals surface area contributed by atoms with Gasteiger partial charge >= 0.3 is 0 Å². The SMILES string of the molecule is CC[C@@H](Oc1ccc2ccccc2c1)C(=O)NCCCc1ccccc1. The fourth-order valence-electron chi connectivity index (χ4n) is 2.99. The fourth-order valence-corrected chi connectivity index (χ4v) is 2.99. The van der Waals surface area contributed by atoms with E-state index in [1.54, 1.807) is 0 Å². The van der Waals surface area contributed by atoms with Gasteiger partial charge in [-0.25, -0.2) is 0 Å². The van der Waals surface area contributed by atoms with Gasteiger partial charge in [0, 0.05) is 6.54 Å². The molecule has 0 saturated carbocycles. The van der Waals surface area contributed by atoms with Crippen LogP contribution in [0.2, 0.25) is 0 Å². The summed E-state index contributed by atoms with van der Waals surface area (Å²) in [6.45, 7) is 2.63. The fraction of sp³-hybridized carbons (Fsp3) is 0.261. The van der Waals surface area contributed by atoms with Crippen molar-refractivity contribution in [2.24, 2.45) is 0 Å². The number of hydrogen-bond acceptors (Lipinski definition) is 2. The van der Waals surface area contributed by atoms with Gasteiger partial charge in [-0.05, 0) is 47.7 Å². The second-order valence-corrected chi connectivity index (χ2v) is 6.40. The minimum atomic E-state index is -0.465. The van der Waals surface area contributed by atoms with Crippen molar-refractivity contribution in [3.8, 4) is 5.75 Å². The smallest absolute Gasteiger partial charge is 0.261 e. The van der Waals surface area contributed by atoms with Gasteiger partial charge in [-0.3, -0.25) is 4.79 Å². The molecule has 3 rings (SSSR count). The van der Waals surface area contributed by atoms with Crippen LogP contribution in [0.15, 0.2) is 72.8 Å². The minimum Gasteiger partial charge on any atom is -0.481 e. The van der Waals surface area contributed by atoms with E-state index in [-0.39, 0.29) is 5.91 Å². The van der Waals surface area contributed by atoms with Crippen molar-refractivity contribution in [1.82, 2.24) is 5.32 Å². The van der Waals surface area contributed by atoms with Crippen LogP contribution in [0.1, 0.15) is 25.3 Å². The largest absolute Gasteiger partial charge is 0.481 e. The van der Waals surface area contributed by atoms with E-state index in [1.807, 2.05) is 61.5 Å². The number of fused-ring (bicyclic) bond motifs is 1. The van der Waals surface area contributed by atoms with E-state index in [0.29, 0.717) is 13.0 Å². The molecule has 0 spiro atoms. The third-order valence-electron chi connectivity index (χ3n) is 4.45. The third kappa shape index (κ3) is 4.85. The van der Waals surface area contributed by atoms with Crippen molar-refractivity contribution in [1.29, 1.82) is 0 Å². The number of carbonyl (C=O) groups is 1. The van der Waals surface area contributed by atoms with Crippen molar-refractivity contribution < 1.29 is 9.53 Å². The maximum atomic E-state index is 12.4. The van der Waals surface area contributed by atoms with E-state index in [2.05, 4.69) is 23.5 Å². The van der Waals surface area contributed by atoms with Crippen LogP contribution < -0.4 is 10.1 Å². The van der Waals surface area contributed by atoms with Crippen molar-refractivity contribution in [3.63, 3.8) is 0 Å². The third-order valence-corrected chi connectivity index (χ3v) is 4.45. The maximum absolute atomic E-state index is 12.4. The molecule has 0 bridgehead atoms. The van der Waals surface area contributed by atoms with E-state index in [0.717, 1.165) is 24.0 Å². The lowest BCUT2D eigenvalue weighted by Crippen LogP contribution is -2.38. The lowest BCUT2D eigenvalue weighted by atomic mass is 10.1. The molecule has 0 fully saturated rings. The second-order valence-electron chi connectivity index (χ2n) is 6.40. The summed E-state index contributed by atoms with van der Waals surface area (Å²) in [7, 11) is 0. The topological polar surface area (TPSA) is 38.3 Å². The number of aryl methyl sites for hydroxylation is 1. The number of amides is 1.